The predicted molar refractivity (Wildman–Crippen MR) is 75.1 cm³/mol. The third-order valence-corrected chi connectivity index (χ3v) is 3.29. The molecule has 1 aromatic rings. The maximum Gasteiger partial charge on any atom is 0.323 e. The van der Waals surface area contributed by atoms with Crippen molar-refractivity contribution in [3.63, 3.8) is 0 Å². The molecular formula is C15H18N2O2. The molecule has 0 bridgehead atoms. The zero-order valence-electron chi connectivity index (χ0n) is 11.3. The lowest BCUT2D eigenvalue weighted by molar-refractivity contribution is 0.0348. The van der Waals surface area contributed by atoms with Crippen LogP contribution in [0, 0.1) is 26.2 Å². The Kier molecular flexibility index (Phi) is 4.08. The third kappa shape index (κ3) is 2.88. The van der Waals surface area contributed by atoms with Gasteiger partial charge in [0.1, 0.15) is 6.04 Å². The summed E-state index contributed by atoms with van der Waals surface area (Å²) in [6.45, 7) is 5.39. The fourth-order valence-electron chi connectivity index (χ4n) is 2.18. The van der Waals surface area contributed by atoms with Crippen LogP contribution in [0.2, 0.25) is 0 Å². The zero-order valence-corrected chi connectivity index (χ0v) is 11.3. The Morgan fingerprint density at radius 1 is 1.47 bits per heavy atom. The molecule has 4 heteroatoms. The van der Waals surface area contributed by atoms with E-state index in [1.54, 1.807) is 4.90 Å². The lowest BCUT2D eigenvalue weighted by Crippen LogP contribution is -2.49. The van der Waals surface area contributed by atoms with Crippen molar-refractivity contribution < 1.29 is 9.53 Å². The van der Waals surface area contributed by atoms with E-state index in [-0.39, 0.29) is 12.1 Å². The fraction of sp³-hybridized carbons (Fsp3) is 0.400. The summed E-state index contributed by atoms with van der Waals surface area (Å²) >= 11 is 0. The van der Waals surface area contributed by atoms with Gasteiger partial charge in [-0.25, -0.2) is 4.79 Å². The first kappa shape index (κ1) is 13.4. The maximum atomic E-state index is 12.3. The summed E-state index contributed by atoms with van der Waals surface area (Å²) in [7, 11) is 0. The third-order valence-electron chi connectivity index (χ3n) is 3.29. The Morgan fingerprint density at radius 2 is 2.16 bits per heavy atom. The van der Waals surface area contributed by atoms with Crippen molar-refractivity contribution in [1.29, 1.82) is 0 Å². The van der Waals surface area contributed by atoms with Crippen molar-refractivity contribution in [3.05, 3.63) is 29.3 Å². The first-order valence-electron chi connectivity index (χ1n) is 6.31. The highest BCUT2D eigenvalue weighted by molar-refractivity contribution is 5.91. The van der Waals surface area contributed by atoms with Crippen LogP contribution in [0.4, 0.5) is 10.5 Å². The van der Waals surface area contributed by atoms with Crippen LogP contribution in [0.1, 0.15) is 11.1 Å². The minimum absolute atomic E-state index is 0.163. The van der Waals surface area contributed by atoms with Gasteiger partial charge >= 0.3 is 6.03 Å². The van der Waals surface area contributed by atoms with Gasteiger partial charge < -0.3 is 15.0 Å². The average Bonchev–Trinajstić information content (AvgIpc) is 2.42. The number of nitrogens with zero attached hydrogens (tertiary/aromatic N) is 1. The van der Waals surface area contributed by atoms with Gasteiger partial charge in [0, 0.05) is 12.2 Å². The minimum Gasteiger partial charge on any atom is -0.376 e. The van der Waals surface area contributed by atoms with Gasteiger partial charge in [0.2, 0.25) is 0 Å². The molecule has 1 aliphatic rings. The van der Waals surface area contributed by atoms with E-state index >= 15 is 0 Å². The number of rotatable bonds is 1. The maximum absolute atomic E-state index is 12.3. The number of benzene rings is 1. The van der Waals surface area contributed by atoms with Crippen LogP contribution < -0.4 is 5.32 Å². The highest BCUT2D eigenvalue weighted by atomic mass is 16.5. The Morgan fingerprint density at radius 3 is 2.79 bits per heavy atom. The quantitative estimate of drug-likeness (QED) is 0.784. The molecule has 0 aromatic heterocycles. The average molecular weight is 258 g/mol. The van der Waals surface area contributed by atoms with Crippen molar-refractivity contribution in [2.45, 2.75) is 19.9 Å². The molecule has 2 rings (SSSR count). The summed E-state index contributed by atoms with van der Waals surface area (Å²) in [5.41, 5.74) is 2.94. The number of para-hydroxylation sites is 1. The number of anilines is 1. The second kappa shape index (κ2) is 5.77. The Hall–Kier alpha value is -1.99. The second-order valence-electron chi connectivity index (χ2n) is 4.65. The van der Waals surface area contributed by atoms with Crippen molar-refractivity contribution in [1.82, 2.24) is 4.90 Å². The van der Waals surface area contributed by atoms with E-state index in [1.807, 2.05) is 32.0 Å². The Labute approximate surface area is 113 Å². The van der Waals surface area contributed by atoms with Crippen LogP contribution >= 0.6 is 0 Å². The molecule has 0 saturated carbocycles. The zero-order chi connectivity index (χ0) is 13.8. The van der Waals surface area contributed by atoms with Gasteiger partial charge in [0.25, 0.3) is 0 Å². The molecule has 2 amide bonds. The number of ether oxygens (including phenoxy) is 1. The first-order chi connectivity index (χ1) is 9.13. The molecule has 0 spiro atoms. The highest BCUT2D eigenvalue weighted by Gasteiger charge is 2.26. The van der Waals surface area contributed by atoms with E-state index in [2.05, 4.69) is 11.2 Å². The molecule has 1 N–H and O–H groups in total. The number of morpholine rings is 1. The molecule has 100 valence electrons. The molecule has 1 fully saturated rings. The lowest BCUT2D eigenvalue weighted by Gasteiger charge is -2.32. The van der Waals surface area contributed by atoms with E-state index in [0.717, 1.165) is 16.8 Å². The lowest BCUT2D eigenvalue weighted by atomic mass is 10.1. The van der Waals surface area contributed by atoms with E-state index in [1.165, 1.54) is 0 Å². The molecule has 4 nitrogen and oxygen atoms in total. The van der Waals surface area contributed by atoms with E-state index in [4.69, 9.17) is 11.2 Å². The van der Waals surface area contributed by atoms with Gasteiger partial charge in [-0.2, -0.15) is 0 Å². The number of aryl methyl sites for hydroxylation is 2. The van der Waals surface area contributed by atoms with E-state index < -0.39 is 0 Å². The molecule has 1 aliphatic heterocycles. The number of hydrogen-bond donors (Lipinski definition) is 1. The summed E-state index contributed by atoms with van der Waals surface area (Å²) < 4.78 is 5.29. The van der Waals surface area contributed by atoms with Crippen molar-refractivity contribution in [3.8, 4) is 12.3 Å². The second-order valence-corrected chi connectivity index (χ2v) is 4.65. The highest BCUT2D eigenvalue weighted by Crippen LogP contribution is 2.20. The van der Waals surface area contributed by atoms with E-state index in [0.29, 0.717) is 19.8 Å². The first-order valence-corrected chi connectivity index (χ1v) is 6.31. The predicted octanol–water partition coefficient (Wildman–Crippen LogP) is 2.17. The summed E-state index contributed by atoms with van der Waals surface area (Å²) in [6.07, 6.45) is 5.43. The summed E-state index contributed by atoms with van der Waals surface area (Å²) in [5.74, 6) is 2.59. The van der Waals surface area contributed by atoms with Crippen LogP contribution in [-0.4, -0.2) is 36.7 Å². The van der Waals surface area contributed by atoms with Crippen LogP contribution in [0.25, 0.3) is 0 Å². The van der Waals surface area contributed by atoms with Gasteiger partial charge in [0.05, 0.1) is 13.2 Å². The van der Waals surface area contributed by atoms with E-state index in [9.17, 15) is 4.79 Å². The topological polar surface area (TPSA) is 41.6 Å². The van der Waals surface area contributed by atoms with Crippen molar-refractivity contribution >= 4 is 11.7 Å². The normalized spacial score (nSPS) is 18.8. The van der Waals surface area contributed by atoms with Gasteiger partial charge in [0.15, 0.2) is 0 Å². The molecule has 1 aromatic carbocycles. The number of urea groups is 1. The van der Waals surface area contributed by atoms with Crippen LogP contribution in [0.5, 0.6) is 0 Å². The van der Waals surface area contributed by atoms with Gasteiger partial charge in [-0.3, -0.25) is 0 Å². The van der Waals surface area contributed by atoms with Crippen LogP contribution in [-0.2, 0) is 4.74 Å². The van der Waals surface area contributed by atoms with Gasteiger partial charge in [-0.1, -0.05) is 24.1 Å². The molecular weight excluding hydrogens is 240 g/mol. The summed E-state index contributed by atoms with van der Waals surface area (Å²) in [5, 5.41) is 2.95. The number of hydrogen-bond acceptors (Lipinski definition) is 2. The van der Waals surface area contributed by atoms with Crippen LogP contribution in [0.3, 0.4) is 0 Å². The van der Waals surface area contributed by atoms with Crippen molar-refractivity contribution in [2.24, 2.45) is 0 Å². The molecule has 19 heavy (non-hydrogen) atoms. The van der Waals surface area contributed by atoms with Gasteiger partial charge in [-0.05, 0) is 25.0 Å². The molecule has 0 aliphatic carbocycles. The summed E-state index contributed by atoms with van der Waals surface area (Å²) in [4.78, 5) is 14.0. The standard InChI is InChI=1S/C15H18N2O2/c1-4-13-10-19-9-8-17(13)15(18)16-14-11(2)6-5-7-12(14)3/h1,5-7,13H,8-10H2,2-3H3,(H,16,18)/t13-/m1/s1. The number of amides is 2. The molecule has 0 radical (unpaired) electrons. The van der Waals surface area contributed by atoms with Crippen molar-refractivity contribution in [2.75, 3.05) is 25.1 Å². The monoisotopic (exact) mass is 258 g/mol. The number of carbonyl (C=O) groups excluding carboxylic acids is 1. The van der Waals surface area contributed by atoms with Gasteiger partial charge in [-0.15, -0.1) is 6.42 Å². The van der Waals surface area contributed by atoms with Crippen LogP contribution in [0.15, 0.2) is 18.2 Å². The minimum atomic E-state index is -0.293. The Balaban J connectivity index is 2.14. The Bertz CT molecular complexity index is 499. The molecule has 1 atom stereocenters. The number of terminal acetylenes is 1. The number of nitrogens with one attached hydrogen (secondary N) is 1. The molecule has 1 saturated heterocycles. The number of carbonyl (C=O) groups is 1. The molecule has 0 unspecified atom stereocenters. The fourth-order valence-corrected chi connectivity index (χ4v) is 2.18. The smallest absolute Gasteiger partial charge is 0.323 e. The molecule has 1 heterocycles. The summed E-state index contributed by atoms with van der Waals surface area (Å²) in [6, 6.07) is 5.46. The largest absolute Gasteiger partial charge is 0.376 e. The SMILES string of the molecule is C#C[C@@H]1COCCN1C(=O)Nc1c(C)cccc1C.